The number of thioether (sulfide) groups is 1. The molecular weight excluding hydrogens is 256 g/mol. The van der Waals surface area contributed by atoms with Crippen LogP contribution in [0.15, 0.2) is 11.1 Å². The van der Waals surface area contributed by atoms with Gasteiger partial charge in [-0.25, -0.2) is 4.98 Å². The van der Waals surface area contributed by atoms with Gasteiger partial charge < -0.3 is 10.7 Å². The lowest BCUT2D eigenvalue weighted by Gasteiger charge is -2.16. The molecular formula is C10H12N4O3S. The topological polar surface area (TPSA) is 109 Å². The molecule has 96 valence electrons. The zero-order chi connectivity index (χ0) is 13.3. The van der Waals surface area contributed by atoms with E-state index in [1.165, 1.54) is 18.2 Å². The molecule has 18 heavy (non-hydrogen) atoms. The number of nitrogen functional groups attached to an aromatic ring is 1. The summed E-state index contributed by atoms with van der Waals surface area (Å²) in [6.45, 7) is 1.79. The van der Waals surface area contributed by atoms with Crippen LogP contribution in [0.3, 0.4) is 0 Å². The molecule has 7 nitrogen and oxygen atoms in total. The largest absolute Gasteiger partial charge is 0.391 e. The predicted octanol–water partition coefficient (Wildman–Crippen LogP) is -0.263. The molecule has 3 N–H and O–H groups in total. The molecule has 0 aliphatic carbocycles. The first-order valence-electron chi connectivity index (χ1n) is 5.29. The van der Waals surface area contributed by atoms with E-state index in [0.717, 1.165) is 11.8 Å². The third-order valence-corrected chi connectivity index (χ3v) is 3.53. The van der Waals surface area contributed by atoms with Crippen LogP contribution in [0.5, 0.6) is 0 Å². The summed E-state index contributed by atoms with van der Waals surface area (Å²) < 4.78 is 0. The average Bonchev–Trinajstić information content (AvgIpc) is 2.62. The fraction of sp³-hybridized carbons (Fsp3) is 0.400. The van der Waals surface area contributed by atoms with Crippen molar-refractivity contribution >= 4 is 34.3 Å². The molecule has 0 spiro atoms. The van der Waals surface area contributed by atoms with Crippen LogP contribution >= 0.6 is 11.8 Å². The predicted molar refractivity (Wildman–Crippen MR) is 68.3 cm³/mol. The number of H-pyrrole nitrogens is 1. The van der Waals surface area contributed by atoms with Crippen molar-refractivity contribution in [3.05, 3.63) is 16.7 Å². The monoisotopic (exact) mass is 268 g/mol. The van der Waals surface area contributed by atoms with Crippen molar-refractivity contribution in [3.63, 3.8) is 0 Å². The number of hydrogen-bond donors (Lipinski definition) is 2. The number of hydrogen-bond acceptors (Lipinski definition) is 6. The zero-order valence-corrected chi connectivity index (χ0v) is 10.5. The summed E-state index contributed by atoms with van der Waals surface area (Å²) >= 11 is 1.12. The molecule has 0 saturated carbocycles. The minimum atomic E-state index is -0.476. The summed E-state index contributed by atoms with van der Waals surface area (Å²) in [5.74, 6) is -0.0195. The Kier molecular flexibility index (Phi) is 3.37. The SMILES string of the molecule is CC(=O)SC1CC(=O)N(c2nc[nH]c(=O)c2N)C1. The Morgan fingerprint density at radius 3 is 3.00 bits per heavy atom. The first kappa shape index (κ1) is 12.6. The summed E-state index contributed by atoms with van der Waals surface area (Å²) in [7, 11) is 0. The first-order chi connectivity index (χ1) is 8.49. The molecule has 1 aromatic heterocycles. The molecule has 1 aromatic rings. The number of carbonyl (C=O) groups is 2. The van der Waals surface area contributed by atoms with Gasteiger partial charge in [0.25, 0.3) is 5.56 Å². The van der Waals surface area contributed by atoms with E-state index < -0.39 is 5.56 Å². The average molecular weight is 268 g/mol. The first-order valence-corrected chi connectivity index (χ1v) is 6.17. The van der Waals surface area contributed by atoms with Crippen molar-refractivity contribution in [2.45, 2.75) is 18.6 Å². The van der Waals surface area contributed by atoms with Gasteiger partial charge >= 0.3 is 0 Å². The van der Waals surface area contributed by atoms with E-state index in [0.29, 0.717) is 6.54 Å². The molecule has 8 heteroatoms. The number of amides is 1. The number of nitrogens with zero attached hydrogens (tertiary/aromatic N) is 2. The maximum absolute atomic E-state index is 11.8. The number of carbonyl (C=O) groups excluding carboxylic acids is 2. The molecule has 1 aliphatic heterocycles. The van der Waals surface area contributed by atoms with Crippen molar-refractivity contribution in [2.75, 3.05) is 17.2 Å². The highest BCUT2D eigenvalue weighted by atomic mass is 32.2. The second-order valence-corrected chi connectivity index (χ2v) is 5.39. The van der Waals surface area contributed by atoms with Gasteiger partial charge in [-0.1, -0.05) is 11.8 Å². The number of aromatic amines is 1. The van der Waals surface area contributed by atoms with Gasteiger partial charge in [-0.3, -0.25) is 19.3 Å². The Labute approximate surface area is 107 Å². The number of nitrogens with two attached hydrogens (primary N) is 1. The smallest absolute Gasteiger partial charge is 0.276 e. The van der Waals surface area contributed by atoms with Gasteiger partial charge in [-0.05, 0) is 0 Å². The Hall–Kier alpha value is -1.83. The Morgan fingerprint density at radius 2 is 2.33 bits per heavy atom. The quantitative estimate of drug-likeness (QED) is 0.764. The van der Waals surface area contributed by atoms with E-state index >= 15 is 0 Å². The second kappa shape index (κ2) is 4.81. The lowest BCUT2D eigenvalue weighted by atomic mass is 10.4. The number of rotatable bonds is 2. The van der Waals surface area contributed by atoms with E-state index in [1.54, 1.807) is 0 Å². The molecule has 0 bridgehead atoms. The minimum absolute atomic E-state index is 0.0403. The van der Waals surface area contributed by atoms with Crippen LogP contribution < -0.4 is 16.2 Å². The van der Waals surface area contributed by atoms with Crippen molar-refractivity contribution in [1.29, 1.82) is 0 Å². The molecule has 2 heterocycles. The maximum Gasteiger partial charge on any atom is 0.276 e. The molecule has 0 aromatic carbocycles. The second-order valence-electron chi connectivity index (χ2n) is 3.91. The van der Waals surface area contributed by atoms with Gasteiger partial charge in [-0.15, -0.1) is 0 Å². The van der Waals surface area contributed by atoms with E-state index in [1.807, 2.05) is 0 Å². The van der Waals surface area contributed by atoms with Crippen LogP contribution in [0.25, 0.3) is 0 Å². The van der Waals surface area contributed by atoms with Crippen molar-refractivity contribution < 1.29 is 9.59 Å². The van der Waals surface area contributed by atoms with Crippen LogP contribution in [0.2, 0.25) is 0 Å². The van der Waals surface area contributed by atoms with Crippen LogP contribution in [0.1, 0.15) is 13.3 Å². The van der Waals surface area contributed by atoms with Crippen LogP contribution in [-0.4, -0.2) is 32.8 Å². The van der Waals surface area contributed by atoms with Gasteiger partial charge in [0.05, 0.1) is 6.33 Å². The van der Waals surface area contributed by atoms with Crippen LogP contribution in [0.4, 0.5) is 11.5 Å². The van der Waals surface area contributed by atoms with E-state index in [2.05, 4.69) is 9.97 Å². The standard InChI is InChI=1S/C10H12N4O3S/c1-5(15)18-6-2-7(16)14(3-6)9-8(11)10(17)13-4-12-9/h4,6H,2-3,11H2,1H3,(H,12,13,17). The molecule has 1 amide bonds. The molecule has 1 aliphatic rings. The number of nitrogens with one attached hydrogen (secondary N) is 1. The lowest BCUT2D eigenvalue weighted by molar-refractivity contribution is -0.117. The summed E-state index contributed by atoms with van der Waals surface area (Å²) in [6.07, 6.45) is 1.45. The summed E-state index contributed by atoms with van der Waals surface area (Å²) in [4.78, 5) is 41.8. The summed E-state index contributed by atoms with van der Waals surface area (Å²) in [5, 5.41) is -0.156. The number of aromatic nitrogens is 2. The van der Waals surface area contributed by atoms with Gasteiger partial charge in [0.15, 0.2) is 10.9 Å². The lowest BCUT2D eigenvalue weighted by Crippen LogP contribution is -2.29. The highest BCUT2D eigenvalue weighted by Gasteiger charge is 2.33. The fourth-order valence-corrected chi connectivity index (χ4v) is 2.73. The van der Waals surface area contributed by atoms with Gasteiger partial charge in [0.1, 0.15) is 5.69 Å². The Bertz CT molecular complexity index is 556. The van der Waals surface area contributed by atoms with Crippen molar-refractivity contribution in [3.8, 4) is 0 Å². The van der Waals surface area contributed by atoms with Crippen molar-refractivity contribution in [1.82, 2.24) is 9.97 Å². The third-order valence-electron chi connectivity index (χ3n) is 2.55. The maximum atomic E-state index is 11.8. The van der Waals surface area contributed by atoms with Crippen LogP contribution in [0, 0.1) is 0 Å². The molecule has 1 atom stereocenters. The zero-order valence-electron chi connectivity index (χ0n) is 9.67. The molecule has 1 fully saturated rings. The van der Waals surface area contributed by atoms with Gasteiger partial charge in [0.2, 0.25) is 5.91 Å². The van der Waals surface area contributed by atoms with E-state index in [-0.39, 0.29) is 34.2 Å². The Morgan fingerprint density at radius 1 is 1.61 bits per heavy atom. The molecule has 1 saturated heterocycles. The summed E-state index contributed by atoms with van der Waals surface area (Å²) in [5.41, 5.74) is 5.04. The minimum Gasteiger partial charge on any atom is -0.391 e. The highest BCUT2D eigenvalue weighted by molar-refractivity contribution is 8.14. The summed E-state index contributed by atoms with van der Waals surface area (Å²) in [6, 6.07) is 0. The van der Waals surface area contributed by atoms with E-state index in [9.17, 15) is 14.4 Å². The molecule has 0 radical (unpaired) electrons. The van der Waals surface area contributed by atoms with Gasteiger partial charge in [-0.2, -0.15) is 0 Å². The van der Waals surface area contributed by atoms with Crippen molar-refractivity contribution in [2.24, 2.45) is 0 Å². The third kappa shape index (κ3) is 2.37. The van der Waals surface area contributed by atoms with Gasteiger partial charge in [0, 0.05) is 25.1 Å². The fourth-order valence-electron chi connectivity index (χ4n) is 1.81. The Balaban J connectivity index is 2.24. The number of anilines is 2. The normalized spacial score (nSPS) is 19.3. The van der Waals surface area contributed by atoms with Crippen LogP contribution in [-0.2, 0) is 9.59 Å². The van der Waals surface area contributed by atoms with E-state index in [4.69, 9.17) is 5.73 Å². The molecule has 1 unspecified atom stereocenters. The molecule has 2 rings (SSSR count). The highest BCUT2D eigenvalue weighted by Crippen LogP contribution is 2.28.